The molecule has 1 nitrogen and oxygen atoms in total. The van der Waals surface area contributed by atoms with E-state index in [1.807, 2.05) is 0 Å². The van der Waals surface area contributed by atoms with Gasteiger partial charge < -0.3 is 4.57 Å². The molecule has 1 aromatic rings. The number of hydrogen-bond acceptors (Lipinski definition) is 0. The van der Waals surface area contributed by atoms with Crippen LogP contribution in [0.4, 0.5) is 0 Å². The number of fused-ring (bicyclic) bond motifs is 1. The summed E-state index contributed by atoms with van der Waals surface area (Å²) in [5, 5.41) is 0. The van der Waals surface area contributed by atoms with Crippen LogP contribution in [0.1, 0.15) is 18.2 Å². The van der Waals surface area contributed by atoms with E-state index in [-0.39, 0.29) is 0 Å². The van der Waals surface area contributed by atoms with Gasteiger partial charge in [-0.15, -0.1) is 0 Å². The van der Waals surface area contributed by atoms with Crippen molar-refractivity contribution in [3.63, 3.8) is 0 Å². The van der Waals surface area contributed by atoms with E-state index in [0.717, 1.165) is 6.42 Å². The zero-order valence-electron chi connectivity index (χ0n) is 6.39. The normalized spacial score (nSPS) is 15.2. The summed E-state index contributed by atoms with van der Waals surface area (Å²) in [6, 6.07) is 2.20. The lowest BCUT2D eigenvalue weighted by atomic mass is 10.2. The molecule has 0 N–H and O–H groups in total. The standard InChI is InChI=1S/C9H11N/c1-7-5-8-3-4-10(2)9(8)6-7/h3-4,6H,5H2,1-2H3. The van der Waals surface area contributed by atoms with Gasteiger partial charge in [-0.1, -0.05) is 5.57 Å². The number of aromatic nitrogens is 1. The fourth-order valence-electron chi connectivity index (χ4n) is 1.52. The van der Waals surface area contributed by atoms with Crippen LogP contribution in [0.3, 0.4) is 0 Å². The quantitative estimate of drug-likeness (QED) is 0.510. The second-order valence-corrected chi connectivity index (χ2v) is 3.00. The average molecular weight is 133 g/mol. The lowest BCUT2D eigenvalue weighted by Crippen LogP contribution is -1.86. The monoisotopic (exact) mass is 133 g/mol. The molecule has 0 aromatic carbocycles. The Kier molecular flexibility index (Phi) is 1.01. The minimum atomic E-state index is 1.15. The molecule has 1 heteroatoms. The predicted molar refractivity (Wildman–Crippen MR) is 42.8 cm³/mol. The highest BCUT2D eigenvalue weighted by Crippen LogP contribution is 2.24. The molecule has 52 valence electrons. The molecule has 1 heterocycles. The zero-order valence-corrected chi connectivity index (χ0v) is 6.39. The Labute approximate surface area is 61.0 Å². The van der Waals surface area contributed by atoms with Crippen LogP contribution >= 0.6 is 0 Å². The summed E-state index contributed by atoms with van der Waals surface area (Å²) < 4.78 is 2.17. The number of allylic oxidation sites excluding steroid dienone is 1. The van der Waals surface area contributed by atoms with E-state index in [1.165, 1.54) is 16.8 Å². The third-order valence-corrected chi connectivity index (χ3v) is 2.06. The Balaban J connectivity index is 2.59. The van der Waals surface area contributed by atoms with Gasteiger partial charge in [-0.2, -0.15) is 0 Å². The van der Waals surface area contributed by atoms with Crippen molar-refractivity contribution in [3.8, 4) is 0 Å². The van der Waals surface area contributed by atoms with E-state index < -0.39 is 0 Å². The molecular weight excluding hydrogens is 122 g/mol. The molecule has 0 saturated carbocycles. The van der Waals surface area contributed by atoms with E-state index in [2.05, 4.69) is 36.9 Å². The van der Waals surface area contributed by atoms with E-state index in [0.29, 0.717) is 0 Å². The summed E-state index contributed by atoms with van der Waals surface area (Å²) >= 11 is 0. The minimum absolute atomic E-state index is 1.15. The van der Waals surface area contributed by atoms with Crippen LogP contribution < -0.4 is 0 Å². The maximum atomic E-state index is 2.26. The highest BCUT2D eigenvalue weighted by Gasteiger charge is 2.10. The van der Waals surface area contributed by atoms with Gasteiger partial charge in [0.05, 0.1) is 0 Å². The SMILES string of the molecule is CC1=Cc2c(ccn2C)C1. The van der Waals surface area contributed by atoms with Crippen LogP contribution in [0.5, 0.6) is 0 Å². The van der Waals surface area contributed by atoms with Crippen molar-refractivity contribution in [2.45, 2.75) is 13.3 Å². The first kappa shape index (κ1) is 5.78. The smallest absolute Gasteiger partial charge is 0.0439 e. The van der Waals surface area contributed by atoms with Gasteiger partial charge >= 0.3 is 0 Å². The first-order chi connectivity index (χ1) is 4.77. The largest absolute Gasteiger partial charge is 0.351 e. The maximum Gasteiger partial charge on any atom is 0.0439 e. The van der Waals surface area contributed by atoms with Crippen LogP contribution in [0.2, 0.25) is 0 Å². The molecule has 0 unspecified atom stereocenters. The third kappa shape index (κ3) is 0.635. The second-order valence-electron chi connectivity index (χ2n) is 3.00. The van der Waals surface area contributed by atoms with Gasteiger partial charge in [0.1, 0.15) is 0 Å². The van der Waals surface area contributed by atoms with Gasteiger partial charge in [0, 0.05) is 18.9 Å². The van der Waals surface area contributed by atoms with E-state index in [1.54, 1.807) is 0 Å². The van der Waals surface area contributed by atoms with Gasteiger partial charge in [0.15, 0.2) is 0 Å². The van der Waals surface area contributed by atoms with Gasteiger partial charge in [-0.3, -0.25) is 0 Å². The molecule has 0 bridgehead atoms. The molecule has 0 saturated heterocycles. The van der Waals surface area contributed by atoms with Crippen molar-refractivity contribution in [3.05, 3.63) is 29.1 Å². The lowest BCUT2D eigenvalue weighted by molar-refractivity contribution is 0.913. The number of aryl methyl sites for hydroxylation is 1. The van der Waals surface area contributed by atoms with E-state index >= 15 is 0 Å². The van der Waals surface area contributed by atoms with Crippen molar-refractivity contribution >= 4 is 6.08 Å². The minimum Gasteiger partial charge on any atom is -0.351 e. The molecule has 0 radical (unpaired) electrons. The Bertz CT molecular complexity index is 292. The van der Waals surface area contributed by atoms with Gasteiger partial charge in [-0.25, -0.2) is 0 Å². The van der Waals surface area contributed by atoms with Crippen LogP contribution in [-0.2, 0) is 13.5 Å². The van der Waals surface area contributed by atoms with E-state index in [4.69, 9.17) is 0 Å². The molecule has 1 aromatic heterocycles. The highest BCUT2D eigenvalue weighted by molar-refractivity contribution is 5.60. The summed E-state index contributed by atoms with van der Waals surface area (Å²) in [5.41, 5.74) is 4.33. The molecular formula is C9H11N. The molecule has 1 aliphatic rings. The van der Waals surface area contributed by atoms with Gasteiger partial charge in [-0.05, 0) is 31.1 Å². The molecule has 10 heavy (non-hydrogen) atoms. The van der Waals surface area contributed by atoms with Crippen LogP contribution in [0, 0.1) is 0 Å². The Morgan fingerprint density at radius 2 is 2.30 bits per heavy atom. The van der Waals surface area contributed by atoms with Crippen LogP contribution in [0.15, 0.2) is 17.8 Å². The Hall–Kier alpha value is -0.980. The number of nitrogens with zero attached hydrogens (tertiary/aromatic N) is 1. The molecule has 1 aliphatic carbocycles. The van der Waals surface area contributed by atoms with Crippen molar-refractivity contribution < 1.29 is 0 Å². The predicted octanol–water partition coefficient (Wildman–Crippen LogP) is 1.98. The molecule has 0 amide bonds. The molecule has 2 rings (SSSR count). The summed E-state index contributed by atoms with van der Waals surface area (Å²) in [6.07, 6.45) is 5.53. The van der Waals surface area contributed by atoms with Crippen LogP contribution in [-0.4, -0.2) is 4.57 Å². The second kappa shape index (κ2) is 1.75. The first-order valence-corrected chi connectivity index (χ1v) is 3.59. The van der Waals surface area contributed by atoms with Gasteiger partial charge in [0.2, 0.25) is 0 Å². The topological polar surface area (TPSA) is 4.93 Å². The summed E-state index contributed by atoms with van der Waals surface area (Å²) in [5.74, 6) is 0. The molecule has 0 atom stereocenters. The number of hydrogen-bond donors (Lipinski definition) is 0. The van der Waals surface area contributed by atoms with Crippen molar-refractivity contribution in [1.82, 2.24) is 4.57 Å². The van der Waals surface area contributed by atoms with Crippen molar-refractivity contribution in [1.29, 1.82) is 0 Å². The lowest BCUT2D eigenvalue weighted by Gasteiger charge is -1.92. The molecule has 0 aliphatic heterocycles. The number of rotatable bonds is 0. The molecule has 0 spiro atoms. The fourth-order valence-corrected chi connectivity index (χ4v) is 1.52. The third-order valence-electron chi connectivity index (χ3n) is 2.06. The Morgan fingerprint density at radius 3 is 3.00 bits per heavy atom. The van der Waals surface area contributed by atoms with Crippen molar-refractivity contribution in [2.75, 3.05) is 0 Å². The molecule has 0 fully saturated rings. The average Bonchev–Trinajstić information content (AvgIpc) is 2.35. The van der Waals surface area contributed by atoms with Crippen LogP contribution in [0.25, 0.3) is 6.08 Å². The summed E-state index contributed by atoms with van der Waals surface area (Å²) in [7, 11) is 2.09. The van der Waals surface area contributed by atoms with Crippen molar-refractivity contribution in [2.24, 2.45) is 7.05 Å². The summed E-state index contributed by atoms with van der Waals surface area (Å²) in [6.45, 7) is 2.18. The first-order valence-electron chi connectivity index (χ1n) is 3.59. The Morgan fingerprint density at radius 1 is 1.50 bits per heavy atom. The fraction of sp³-hybridized carbons (Fsp3) is 0.333. The summed E-state index contributed by atoms with van der Waals surface area (Å²) in [4.78, 5) is 0. The highest BCUT2D eigenvalue weighted by atomic mass is 14.9. The van der Waals surface area contributed by atoms with Gasteiger partial charge in [0.25, 0.3) is 0 Å². The maximum absolute atomic E-state index is 2.26. The zero-order chi connectivity index (χ0) is 7.14. The van der Waals surface area contributed by atoms with E-state index in [9.17, 15) is 0 Å².